The van der Waals surface area contributed by atoms with E-state index in [-0.39, 0.29) is 17.7 Å². The number of nitrogens with one attached hydrogen (secondary N) is 1. The Labute approximate surface area is 145 Å². The quantitative estimate of drug-likeness (QED) is 0.810. The molecular formula is C19H29N3O2. The molecule has 0 radical (unpaired) electrons. The van der Waals surface area contributed by atoms with Crippen LogP contribution in [0.5, 0.6) is 0 Å². The summed E-state index contributed by atoms with van der Waals surface area (Å²) in [5.41, 5.74) is 1.77. The lowest BCUT2D eigenvalue weighted by Crippen LogP contribution is -2.43. The van der Waals surface area contributed by atoms with E-state index in [1.54, 1.807) is 0 Å². The first-order chi connectivity index (χ1) is 11.5. The van der Waals surface area contributed by atoms with Crippen molar-refractivity contribution < 1.29 is 9.59 Å². The van der Waals surface area contributed by atoms with E-state index in [0.29, 0.717) is 13.1 Å². The molecule has 0 bridgehead atoms. The van der Waals surface area contributed by atoms with Crippen LogP contribution in [0.3, 0.4) is 0 Å². The second-order valence-corrected chi connectivity index (χ2v) is 6.83. The topological polar surface area (TPSA) is 52.7 Å². The van der Waals surface area contributed by atoms with Gasteiger partial charge in [-0.2, -0.15) is 0 Å². The van der Waals surface area contributed by atoms with Crippen molar-refractivity contribution in [2.75, 3.05) is 40.3 Å². The minimum Gasteiger partial charge on any atom is -0.356 e. The van der Waals surface area contributed by atoms with Gasteiger partial charge in [0, 0.05) is 31.1 Å². The second-order valence-electron chi connectivity index (χ2n) is 6.83. The Balaban J connectivity index is 1.78. The van der Waals surface area contributed by atoms with Crippen molar-refractivity contribution in [3.63, 3.8) is 0 Å². The molecule has 0 saturated carbocycles. The van der Waals surface area contributed by atoms with Crippen LogP contribution in [0.1, 0.15) is 35.2 Å². The van der Waals surface area contributed by atoms with Crippen LogP contribution in [0, 0.1) is 12.8 Å². The fourth-order valence-corrected chi connectivity index (χ4v) is 3.08. The van der Waals surface area contributed by atoms with Crippen LogP contribution in [-0.2, 0) is 4.79 Å². The van der Waals surface area contributed by atoms with Gasteiger partial charge < -0.3 is 15.1 Å². The van der Waals surface area contributed by atoms with Crippen molar-refractivity contribution in [1.29, 1.82) is 0 Å². The Morgan fingerprint density at radius 2 is 1.88 bits per heavy atom. The molecule has 1 aromatic carbocycles. The van der Waals surface area contributed by atoms with Gasteiger partial charge in [0.25, 0.3) is 5.91 Å². The zero-order chi connectivity index (χ0) is 17.5. The fraction of sp³-hybridized carbons (Fsp3) is 0.579. The maximum absolute atomic E-state index is 12.6. The number of likely N-dealkylation sites (tertiary alicyclic amines) is 1. The van der Waals surface area contributed by atoms with Crippen LogP contribution in [-0.4, -0.2) is 61.9 Å². The van der Waals surface area contributed by atoms with Gasteiger partial charge in [-0.3, -0.25) is 9.59 Å². The Morgan fingerprint density at radius 1 is 1.21 bits per heavy atom. The van der Waals surface area contributed by atoms with Crippen LogP contribution in [0.2, 0.25) is 0 Å². The predicted octanol–water partition coefficient (Wildman–Crippen LogP) is 1.92. The molecule has 1 fully saturated rings. The van der Waals surface area contributed by atoms with Gasteiger partial charge in [-0.15, -0.1) is 0 Å². The van der Waals surface area contributed by atoms with Gasteiger partial charge >= 0.3 is 0 Å². The van der Waals surface area contributed by atoms with Gasteiger partial charge in [-0.05, 0) is 58.5 Å². The zero-order valence-corrected chi connectivity index (χ0v) is 15.0. The van der Waals surface area contributed by atoms with E-state index < -0.39 is 0 Å². The summed E-state index contributed by atoms with van der Waals surface area (Å²) in [7, 11) is 4.06. The summed E-state index contributed by atoms with van der Waals surface area (Å²) in [5, 5.41) is 3.02. The third kappa shape index (κ3) is 5.06. The second kappa shape index (κ2) is 8.83. The van der Waals surface area contributed by atoms with Crippen LogP contribution < -0.4 is 5.32 Å². The summed E-state index contributed by atoms with van der Waals surface area (Å²) < 4.78 is 0. The third-order valence-electron chi connectivity index (χ3n) is 4.61. The molecule has 2 rings (SSSR count). The molecule has 1 aromatic rings. The molecule has 0 aromatic heterocycles. The number of carbonyl (C=O) groups is 2. The summed E-state index contributed by atoms with van der Waals surface area (Å²) in [5.74, 6) is 0.250. The Morgan fingerprint density at radius 3 is 2.50 bits per heavy atom. The van der Waals surface area contributed by atoms with Crippen LogP contribution in [0.15, 0.2) is 24.3 Å². The maximum Gasteiger partial charge on any atom is 0.254 e. The van der Waals surface area contributed by atoms with E-state index in [1.807, 2.05) is 50.2 Å². The van der Waals surface area contributed by atoms with Gasteiger partial charge in [0.05, 0.1) is 0 Å². The number of nitrogens with zero attached hydrogens (tertiary/aromatic N) is 2. The summed E-state index contributed by atoms with van der Waals surface area (Å²) in [6.07, 6.45) is 2.46. The molecule has 1 N–H and O–H groups in total. The summed E-state index contributed by atoms with van der Waals surface area (Å²) in [6.45, 7) is 4.97. The highest BCUT2D eigenvalue weighted by atomic mass is 16.2. The van der Waals surface area contributed by atoms with E-state index in [1.165, 1.54) is 0 Å². The minimum atomic E-state index is 0.0327. The number of hydrogen-bond acceptors (Lipinski definition) is 3. The number of piperidine rings is 1. The molecule has 5 nitrogen and oxygen atoms in total. The zero-order valence-electron chi connectivity index (χ0n) is 15.0. The lowest BCUT2D eigenvalue weighted by atomic mass is 9.95. The smallest absolute Gasteiger partial charge is 0.254 e. The van der Waals surface area contributed by atoms with Crippen LogP contribution in [0.25, 0.3) is 0 Å². The molecule has 24 heavy (non-hydrogen) atoms. The highest BCUT2D eigenvalue weighted by molar-refractivity contribution is 5.95. The monoisotopic (exact) mass is 331 g/mol. The summed E-state index contributed by atoms with van der Waals surface area (Å²) >= 11 is 0. The summed E-state index contributed by atoms with van der Waals surface area (Å²) in [6, 6.07) is 7.68. The molecule has 5 heteroatoms. The average molecular weight is 331 g/mol. The average Bonchev–Trinajstić information content (AvgIpc) is 2.58. The number of rotatable bonds is 6. The molecule has 1 aliphatic rings. The maximum atomic E-state index is 12.6. The Bertz CT molecular complexity index is 563. The molecular weight excluding hydrogens is 302 g/mol. The number of amides is 2. The third-order valence-corrected chi connectivity index (χ3v) is 4.61. The molecule has 0 unspecified atom stereocenters. The van der Waals surface area contributed by atoms with E-state index in [0.717, 1.165) is 43.5 Å². The fourth-order valence-electron chi connectivity index (χ4n) is 3.08. The van der Waals surface area contributed by atoms with Crippen molar-refractivity contribution in [3.05, 3.63) is 35.4 Å². The van der Waals surface area contributed by atoms with Crippen molar-refractivity contribution in [1.82, 2.24) is 15.1 Å². The number of aryl methyl sites for hydroxylation is 1. The standard InChI is InChI=1S/C19H29N3O2/c1-15-7-4-5-8-17(15)19(24)22-13-9-16(10-14-22)18(23)20-11-6-12-21(2)3/h4-5,7-8,16H,6,9-14H2,1-3H3,(H,20,23). The Hall–Kier alpha value is -1.88. The minimum absolute atomic E-state index is 0.0327. The van der Waals surface area contributed by atoms with Crippen molar-refractivity contribution in [2.45, 2.75) is 26.2 Å². The van der Waals surface area contributed by atoms with Crippen molar-refractivity contribution in [2.24, 2.45) is 5.92 Å². The number of hydrogen-bond donors (Lipinski definition) is 1. The molecule has 0 atom stereocenters. The Kier molecular flexibility index (Phi) is 6.79. The van der Waals surface area contributed by atoms with Crippen LogP contribution in [0.4, 0.5) is 0 Å². The lowest BCUT2D eigenvalue weighted by Gasteiger charge is -2.31. The molecule has 1 saturated heterocycles. The van der Waals surface area contributed by atoms with Gasteiger partial charge in [-0.25, -0.2) is 0 Å². The summed E-state index contributed by atoms with van der Waals surface area (Å²) in [4.78, 5) is 28.8. The molecule has 1 heterocycles. The van der Waals surface area contributed by atoms with Gasteiger partial charge in [0.15, 0.2) is 0 Å². The first kappa shape index (κ1) is 18.5. The van der Waals surface area contributed by atoms with E-state index in [2.05, 4.69) is 10.2 Å². The van der Waals surface area contributed by atoms with E-state index in [9.17, 15) is 9.59 Å². The van der Waals surface area contributed by atoms with Gasteiger partial charge in [0.1, 0.15) is 0 Å². The number of benzene rings is 1. The van der Waals surface area contributed by atoms with E-state index in [4.69, 9.17) is 0 Å². The van der Waals surface area contributed by atoms with Crippen LogP contribution >= 0.6 is 0 Å². The first-order valence-corrected chi connectivity index (χ1v) is 8.76. The largest absolute Gasteiger partial charge is 0.356 e. The molecule has 132 valence electrons. The molecule has 2 amide bonds. The van der Waals surface area contributed by atoms with Gasteiger partial charge in [-0.1, -0.05) is 18.2 Å². The molecule has 0 spiro atoms. The SMILES string of the molecule is Cc1ccccc1C(=O)N1CCC(C(=O)NCCCN(C)C)CC1. The van der Waals surface area contributed by atoms with Gasteiger partial charge in [0.2, 0.25) is 5.91 Å². The lowest BCUT2D eigenvalue weighted by molar-refractivity contribution is -0.126. The normalized spacial score (nSPS) is 15.6. The first-order valence-electron chi connectivity index (χ1n) is 8.76. The highest BCUT2D eigenvalue weighted by Crippen LogP contribution is 2.20. The number of carbonyl (C=O) groups excluding carboxylic acids is 2. The van der Waals surface area contributed by atoms with Crippen molar-refractivity contribution in [3.8, 4) is 0 Å². The van der Waals surface area contributed by atoms with E-state index >= 15 is 0 Å². The predicted molar refractivity (Wildman–Crippen MR) is 96.0 cm³/mol. The van der Waals surface area contributed by atoms with Crippen molar-refractivity contribution >= 4 is 11.8 Å². The molecule has 1 aliphatic heterocycles. The molecule has 0 aliphatic carbocycles. The highest BCUT2D eigenvalue weighted by Gasteiger charge is 2.27.